The quantitative estimate of drug-likeness (QED) is 0.177. The average Bonchev–Trinajstić information content (AvgIpc) is 3.71. The first-order chi connectivity index (χ1) is 28.3. The van der Waals surface area contributed by atoms with Crippen molar-refractivity contribution in [2.24, 2.45) is 0 Å². The lowest BCUT2D eigenvalue weighted by Crippen LogP contribution is -2.47. The molecule has 0 saturated carbocycles. The van der Waals surface area contributed by atoms with E-state index in [9.17, 15) is 4.79 Å². The molecule has 0 radical (unpaired) electrons. The van der Waals surface area contributed by atoms with Gasteiger partial charge in [0.15, 0.2) is 5.11 Å². The number of methoxy groups -OCH3 is 2. The predicted molar refractivity (Wildman–Crippen MR) is 229 cm³/mol. The van der Waals surface area contributed by atoms with E-state index in [1.54, 1.807) is 14.2 Å². The number of anilines is 4. The minimum atomic E-state index is 0.0507. The summed E-state index contributed by atoms with van der Waals surface area (Å²) in [6.45, 7) is 7.59. The van der Waals surface area contributed by atoms with Crippen LogP contribution in [0.3, 0.4) is 0 Å². The number of amides is 1. The van der Waals surface area contributed by atoms with Gasteiger partial charge in [0.1, 0.15) is 17.3 Å². The molecule has 14 nitrogen and oxygen atoms in total. The summed E-state index contributed by atoms with van der Waals surface area (Å²) in [5, 5.41) is 3.92. The van der Waals surface area contributed by atoms with E-state index >= 15 is 0 Å². The molecule has 1 N–H and O–H groups in total. The minimum Gasteiger partial charge on any atom is -0.497 e. The number of thiocarbonyl (C=S) groups is 1. The summed E-state index contributed by atoms with van der Waals surface area (Å²) in [6, 6.07) is 23.6. The first kappa shape index (κ1) is 38.9. The highest BCUT2D eigenvalue weighted by molar-refractivity contribution is 7.80. The van der Waals surface area contributed by atoms with E-state index in [2.05, 4.69) is 51.3 Å². The van der Waals surface area contributed by atoms with Crippen LogP contribution in [0.15, 0.2) is 85.2 Å². The zero-order valence-corrected chi connectivity index (χ0v) is 34.0. The fraction of sp³-hybridized carbons (Fsp3) is 0.349. The molecule has 0 spiro atoms. The highest BCUT2D eigenvalue weighted by Gasteiger charge is 2.31. The number of hydrogen-bond acceptors (Lipinski definition) is 12. The van der Waals surface area contributed by atoms with Crippen molar-refractivity contribution in [2.75, 3.05) is 100 Å². The molecular formula is C43H48N10O4S. The highest BCUT2D eigenvalue weighted by atomic mass is 32.1. The third kappa shape index (κ3) is 8.81. The largest absolute Gasteiger partial charge is 0.497 e. The van der Waals surface area contributed by atoms with Crippen molar-refractivity contribution in [3.8, 4) is 22.8 Å². The number of benzene rings is 3. The first-order valence-corrected chi connectivity index (χ1v) is 20.0. The van der Waals surface area contributed by atoms with Gasteiger partial charge >= 0.3 is 0 Å². The van der Waals surface area contributed by atoms with Crippen molar-refractivity contribution in [3.63, 3.8) is 0 Å². The van der Waals surface area contributed by atoms with Crippen LogP contribution in [0.25, 0.3) is 11.3 Å². The Morgan fingerprint density at radius 2 is 1.40 bits per heavy atom. The molecule has 0 bridgehead atoms. The van der Waals surface area contributed by atoms with Crippen molar-refractivity contribution in [3.05, 3.63) is 107 Å². The van der Waals surface area contributed by atoms with Crippen LogP contribution in [0.5, 0.6) is 11.5 Å². The van der Waals surface area contributed by atoms with E-state index in [1.165, 1.54) is 0 Å². The third-order valence-electron chi connectivity index (χ3n) is 10.8. The number of likely N-dealkylation sites (N-methyl/N-ethyl adjacent to an activating group) is 1. The number of rotatable bonds is 11. The Bertz CT molecular complexity index is 2140. The number of aromatic nitrogens is 4. The van der Waals surface area contributed by atoms with Crippen molar-refractivity contribution in [2.45, 2.75) is 19.5 Å². The molecule has 5 aromatic rings. The number of carbonyl (C=O) groups excluding carboxylic acids is 1. The SMILES string of the molecule is COc1ccc(CN(Cc2ccc(OC)cc2)c2ncc(-c3nc(N4CCOCC4)nc4c3CCN4C(=S)Nc3ccc(C(=O)N4CCN(C)CC4)cc3)cn2)cc1. The molecule has 300 valence electrons. The van der Waals surface area contributed by atoms with Crippen LogP contribution in [-0.2, 0) is 24.2 Å². The molecule has 2 aromatic heterocycles. The Morgan fingerprint density at radius 1 is 0.793 bits per heavy atom. The lowest BCUT2D eigenvalue weighted by atomic mass is 10.1. The molecule has 2 fully saturated rings. The van der Waals surface area contributed by atoms with Gasteiger partial charge in [-0.05, 0) is 85.3 Å². The van der Waals surface area contributed by atoms with Gasteiger partial charge in [0, 0.05) is 93.7 Å². The number of morpholine rings is 1. The minimum absolute atomic E-state index is 0.0507. The monoisotopic (exact) mass is 800 g/mol. The maximum atomic E-state index is 13.1. The summed E-state index contributed by atoms with van der Waals surface area (Å²) in [5.74, 6) is 3.63. The molecule has 5 heterocycles. The van der Waals surface area contributed by atoms with E-state index in [0.29, 0.717) is 74.9 Å². The van der Waals surface area contributed by atoms with Crippen LogP contribution in [0.2, 0.25) is 0 Å². The van der Waals surface area contributed by atoms with Crippen LogP contribution >= 0.6 is 12.2 Å². The van der Waals surface area contributed by atoms with Gasteiger partial charge in [0.2, 0.25) is 11.9 Å². The second-order valence-electron chi connectivity index (χ2n) is 14.6. The second-order valence-corrected chi connectivity index (χ2v) is 15.0. The van der Waals surface area contributed by atoms with E-state index in [1.807, 2.05) is 70.7 Å². The summed E-state index contributed by atoms with van der Waals surface area (Å²) in [5.41, 5.74) is 6.24. The molecule has 3 aromatic carbocycles. The van der Waals surface area contributed by atoms with Gasteiger partial charge in [0.25, 0.3) is 5.91 Å². The predicted octanol–water partition coefficient (Wildman–Crippen LogP) is 5.14. The van der Waals surface area contributed by atoms with Gasteiger partial charge in [-0.15, -0.1) is 0 Å². The number of hydrogen-bond donors (Lipinski definition) is 1. The first-order valence-electron chi connectivity index (χ1n) is 19.6. The topological polar surface area (TPSA) is 125 Å². The van der Waals surface area contributed by atoms with Gasteiger partial charge in [0.05, 0.1) is 33.1 Å². The molecule has 8 rings (SSSR count). The lowest BCUT2D eigenvalue weighted by Gasteiger charge is -2.32. The van der Waals surface area contributed by atoms with Gasteiger partial charge in [-0.2, -0.15) is 4.98 Å². The molecule has 3 aliphatic rings. The molecule has 15 heteroatoms. The number of ether oxygens (including phenoxy) is 3. The molecule has 0 atom stereocenters. The highest BCUT2D eigenvalue weighted by Crippen LogP contribution is 2.36. The maximum absolute atomic E-state index is 13.1. The standard InChI is InChI=1S/C43H48N10O4S/c1-49-18-20-50(21-19-49)40(54)32-8-10-34(11-9-32)46-43(58)53-17-16-37-38(47-42(48-39(37)53)51-22-24-57-25-23-51)33-26-44-41(45-27-33)52(28-30-4-12-35(55-2)13-5-30)29-31-6-14-36(56-3)15-7-31/h4-15,26-27H,16-25,28-29H2,1-3H3,(H,46,58). The molecule has 58 heavy (non-hydrogen) atoms. The van der Waals surface area contributed by atoms with E-state index in [0.717, 1.165) is 77.1 Å². The van der Waals surface area contributed by atoms with Crippen LogP contribution in [0, 0.1) is 0 Å². The smallest absolute Gasteiger partial charge is 0.253 e. The van der Waals surface area contributed by atoms with Gasteiger partial charge in [-0.1, -0.05) is 24.3 Å². The van der Waals surface area contributed by atoms with Gasteiger partial charge in [-0.3, -0.25) is 4.79 Å². The second kappa shape index (κ2) is 17.7. The van der Waals surface area contributed by atoms with Crippen LogP contribution in [0.1, 0.15) is 27.0 Å². The Morgan fingerprint density at radius 3 is 1.98 bits per heavy atom. The fourth-order valence-electron chi connectivity index (χ4n) is 7.37. The Labute approximate surface area is 344 Å². The molecule has 1 amide bonds. The van der Waals surface area contributed by atoms with Crippen LogP contribution < -0.4 is 29.5 Å². The van der Waals surface area contributed by atoms with Crippen LogP contribution in [0.4, 0.5) is 23.4 Å². The number of carbonyl (C=O) groups is 1. The van der Waals surface area contributed by atoms with E-state index < -0.39 is 0 Å². The molecular weight excluding hydrogens is 753 g/mol. The summed E-state index contributed by atoms with van der Waals surface area (Å²) in [6.07, 6.45) is 4.40. The summed E-state index contributed by atoms with van der Waals surface area (Å²) in [4.78, 5) is 43.7. The summed E-state index contributed by atoms with van der Waals surface area (Å²) >= 11 is 6.01. The van der Waals surface area contributed by atoms with Crippen molar-refractivity contribution >= 4 is 46.6 Å². The van der Waals surface area contributed by atoms with Gasteiger partial charge < -0.3 is 44.0 Å². The molecule has 2 saturated heterocycles. The number of piperazine rings is 1. The Hall–Kier alpha value is -5.90. The van der Waals surface area contributed by atoms with Crippen molar-refractivity contribution in [1.82, 2.24) is 29.7 Å². The maximum Gasteiger partial charge on any atom is 0.253 e. The average molecular weight is 801 g/mol. The number of nitrogens with zero attached hydrogens (tertiary/aromatic N) is 9. The summed E-state index contributed by atoms with van der Waals surface area (Å²) < 4.78 is 16.4. The molecule has 0 aliphatic carbocycles. The van der Waals surface area contributed by atoms with Crippen molar-refractivity contribution < 1.29 is 19.0 Å². The Balaban J connectivity index is 1.05. The number of fused-ring (bicyclic) bond motifs is 1. The molecule has 0 unspecified atom stereocenters. The summed E-state index contributed by atoms with van der Waals surface area (Å²) in [7, 11) is 5.41. The third-order valence-corrected chi connectivity index (χ3v) is 11.1. The van der Waals surface area contributed by atoms with E-state index in [4.69, 9.17) is 46.4 Å². The Kier molecular flexibility index (Phi) is 11.9. The fourth-order valence-corrected chi connectivity index (χ4v) is 7.67. The number of nitrogens with one attached hydrogen (secondary N) is 1. The normalized spacial score (nSPS) is 15.5. The van der Waals surface area contributed by atoms with Crippen LogP contribution in [-0.4, -0.2) is 121 Å². The zero-order valence-electron chi connectivity index (χ0n) is 33.1. The van der Waals surface area contributed by atoms with Crippen molar-refractivity contribution in [1.29, 1.82) is 0 Å². The van der Waals surface area contributed by atoms with E-state index in [-0.39, 0.29) is 5.91 Å². The molecule has 3 aliphatic heterocycles. The lowest BCUT2D eigenvalue weighted by molar-refractivity contribution is 0.0664. The zero-order chi connectivity index (χ0) is 40.0. The van der Waals surface area contributed by atoms with Gasteiger partial charge in [-0.25, -0.2) is 15.0 Å².